The lowest BCUT2D eigenvalue weighted by Crippen LogP contribution is -2.20. The zero-order chi connectivity index (χ0) is 14.3. The molecule has 0 unspecified atom stereocenters. The minimum Gasteiger partial charge on any atom is -0.493 e. The molecule has 0 spiro atoms. The predicted octanol–water partition coefficient (Wildman–Crippen LogP) is 3.48. The molecule has 19 heavy (non-hydrogen) atoms. The molecule has 0 saturated heterocycles. The predicted molar refractivity (Wildman–Crippen MR) is 79.9 cm³/mol. The van der Waals surface area contributed by atoms with Gasteiger partial charge < -0.3 is 14.8 Å². The van der Waals surface area contributed by atoms with E-state index in [2.05, 4.69) is 39.1 Å². The second-order valence-corrected chi connectivity index (χ2v) is 5.68. The van der Waals surface area contributed by atoms with Crippen LogP contribution in [0.4, 0.5) is 0 Å². The molecule has 1 aromatic carbocycles. The molecule has 3 heteroatoms. The number of hydrogen-bond acceptors (Lipinski definition) is 3. The van der Waals surface area contributed by atoms with Gasteiger partial charge in [0.2, 0.25) is 0 Å². The molecule has 0 fully saturated rings. The van der Waals surface area contributed by atoms with Crippen LogP contribution in [0.1, 0.15) is 33.3 Å². The minimum atomic E-state index is 0.501. The number of rotatable bonds is 8. The van der Waals surface area contributed by atoms with Gasteiger partial charge in [0, 0.05) is 12.1 Å². The largest absolute Gasteiger partial charge is 0.493 e. The van der Waals surface area contributed by atoms with Crippen molar-refractivity contribution in [2.45, 2.75) is 34.2 Å². The summed E-state index contributed by atoms with van der Waals surface area (Å²) in [7, 11) is 1.68. The lowest BCUT2D eigenvalue weighted by molar-refractivity contribution is 0.253. The molecule has 0 aromatic heterocycles. The van der Waals surface area contributed by atoms with Gasteiger partial charge in [0.15, 0.2) is 11.5 Å². The highest BCUT2D eigenvalue weighted by molar-refractivity contribution is 5.46. The van der Waals surface area contributed by atoms with Gasteiger partial charge in [0.1, 0.15) is 0 Å². The summed E-state index contributed by atoms with van der Waals surface area (Å²) >= 11 is 0. The third kappa shape index (κ3) is 5.52. The van der Waals surface area contributed by atoms with Crippen molar-refractivity contribution < 1.29 is 9.47 Å². The van der Waals surface area contributed by atoms with Crippen LogP contribution < -0.4 is 14.8 Å². The molecule has 0 saturated carbocycles. The van der Waals surface area contributed by atoms with Crippen LogP contribution in [0.15, 0.2) is 18.2 Å². The van der Waals surface area contributed by atoms with Gasteiger partial charge in [-0.2, -0.15) is 0 Å². The van der Waals surface area contributed by atoms with Crippen molar-refractivity contribution >= 4 is 0 Å². The minimum absolute atomic E-state index is 0.501. The van der Waals surface area contributed by atoms with Crippen LogP contribution in [0.3, 0.4) is 0 Å². The Labute approximate surface area is 117 Å². The van der Waals surface area contributed by atoms with E-state index in [1.807, 2.05) is 12.1 Å². The SMILES string of the molecule is COc1cccc(CNCC(C)C)c1OCC(C)C. The summed E-state index contributed by atoms with van der Waals surface area (Å²) in [5, 5.41) is 3.44. The first-order chi connectivity index (χ1) is 9.04. The van der Waals surface area contributed by atoms with Gasteiger partial charge in [0.05, 0.1) is 13.7 Å². The Hall–Kier alpha value is -1.22. The molecular formula is C16H27NO2. The molecular weight excluding hydrogens is 238 g/mol. The molecule has 0 radical (unpaired) electrons. The number of benzene rings is 1. The van der Waals surface area contributed by atoms with E-state index in [0.717, 1.165) is 30.2 Å². The Kier molecular flexibility index (Phi) is 6.71. The highest BCUT2D eigenvalue weighted by Gasteiger charge is 2.11. The van der Waals surface area contributed by atoms with Gasteiger partial charge >= 0.3 is 0 Å². The average molecular weight is 265 g/mol. The summed E-state index contributed by atoms with van der Waals surface area (Å²) in [5.74, 6) is 2.83. The number of hydrogen-bond donors (Lipinski definition) is 1. The van der Waals surface area contributed by atoms with Gasteiger partial charge in [-0.25, -0.2) is 0 Å². The molecule has 0 bridgehead atoms. The second-order valence-electron chi connectivity index (χ2n) is 5.68. The topological polar surface area (TPSA) is 30.5 Å². The lowest BCUT2D eigenvalue weighted by Gasteiger charge is -2.17. The van der Waals surface area contributed by atoms with Crippen LogP contribution in [-0.4, -0.2) is 20.3 Å². The quantitative estimate of drug-likeness (QED) is 0.780. The van der Waals surface area contributed by atoms with E-state index in [4.69, 9.17) is 9.47 Å². The zero-order valence-corrected chi connectivity index (χ0v) is 12.8. The molecule has 1 N–H and O–H groups in total. The summed E-state index contributed by atoms with van der Waals surface area (Å²) < 4.78 is 11.3. The molecule has 108 valence electrons. The Morgan fingerprint density at radius 2 is 1.84 bits per heavy atom. The molecule has 1 aromatic rings. The molecule has 0 aliphatic heterocycles. The van der Waals surface area contributed by atoms with Gasteiger partial charge in [0.25, 0.3) is 0 Å². The maximum atomic E-state index is 5.91. The first kappa shape index (κ1) is 15.8. The monoisotopic (exact) mass is 265 g/mol. The maximum absolute atomic E-state index is 5.91. The van der Waals surface area contributed by atoms with Gasteiger partial charge in [-0.1, -0.05) is 39.8 Å². The van der Waals surface area contributed by atoms with E-state index in [9.17, 15) is 0 Å². The van der Waals surface area contributed by atoms with Crippen LogP contribution in [0.5, 0.6) is 11.5 Å². The summed E-state index contributed by atoms with van der Waals surface area (Å²) in [5.41, 5.74) is 1.15. The third-order valence-electron chi connectivity index (χ3n) is 2.71. The lowest BCUT2D eigenvalue weighted by atomic mass is 10.1. The van der Waals surface area contributed by atoms with E-state index < -0.39 is 0 Å². The molecule has 0 aliphatic carbocycles. The first-order valence-corrected chi connectivity index (χ1v) is 7.04. The fourth-order valence-electron chi connectivity index (χ4n) is 1.77. The Morgan fingerprint density at radius 1 is 1.11 bits per heavy atom. The van der Waals surface area contributed by atoms with Crippen LogP contribution in [0.25, 0.3) is 0 Å². The van der Waals surface area contributed by atoms with E-state index in [0.29, 0.717) is 18.4 Å². The fraction of sp³-hybridized carbons (Fsp3) is 0.625. The fourth-order valence-corrected chi connectivity index (χ4v) is 1.77. The van der Waals surface area contributed by atoms with Crippen molar-refractivity contribution in [1.29, 1.82) is 0 Å². The summed E-state index contributed by atoms with van der Waals surface area (Å²) in [6.45, 7) is 11.2. The van der Waals surface area contributed by atoms with Crippen LogP contribution >= 0.6 is 0 Å². The van der Waals surface area contributed by atoms with Crippen LogP contribution in [0, 0.1) is 11.8 Å². The maximum Gasteiger partial charge on any atom is 0.165 e. The standard InChI is InChI=1S/C16H27NO2/c1-12(2)9-17-10-14-7-6-8-15(18-5)16(14)19-11-13(3)4/h6-8,12-13,17H,9-11H2,1-5H3. The van der Waals surface area contributed by atoms with Crippen molar-refractivity contribution in [1.82, 2.24) is 5.32 Å². The van der Waals surface area contributed by atoms with Gasteiger partial charge in [-0.15, -0.1) is 0 Å². The van der Waals surface area contributed by atoms with Crippen molar-refractivity contribution in [2.75, 3.05) is 20.3 Å². The van der Waals surface area contributed by atoms with E-state index in [1.165, 1.54) is 0 Å². The van der Waals surface area contributed by atoms with Crippen LogP contribution in [0.2, 0.25) is 0 Å². The molecule has 0 aliphatic rings. The molecule has 0 amide bonds. The summed E-state index contributed by atoms with van der Waals surface area (Å²) in [6, 6.07) is 6.04. The Bertz CT molecular complexity index is 375. The number of nitrogens with one attached hydrogen (secondary N) is 1. The summed E-state index contributed by atoms with van der Waals surface area (Å²) in [4.78, 5) is 0. The van der Waals surface area contributed by atoms with E-state index in [-0.39, 0.29) is 0 Å². The zero-order valence-electron chi connectivity index (χ0n) is 12.8. The highest BCUT2D eigenvalue weighted by atomic mass is 16.5. The average Bonchev–Trinajstić information content (AvgIpc) is 2.36. The van der Waals surface area contributed by atoms with Crippen molar-refractivity contribution in [3.63, 3.8) is 0 Å². The van der Waals surface area contributed by atoms with Crippen molar-refractivity contribution in [2.24, 2.45) is 11.8 Å². The van der Waals surface area contributed by atoms with E-state index >= 15 is 0 Å². The van der Waals surface area contributed by atoms with Gasteiger partial charge in [-0.3, -0.25) is 0 Å². The summed E-state index contributed by atoms with van der Waals surface area (Å²) in [6.07, 6.45) is 0. The molecule has 0 heterocycles. The Morgan fingerprint density at radius 3 is 2.42 bits per heavy atom. The van der Waals surface area contributed by atoms with Crippen LogP contribution in [-0.2, 0) is 6.54 Å². The normalized spacial score (nSPS) is 11.1. The van der Waals surface area contributed by atoms with Crippen molar-refractivity contribution in [3.05, 3.63) is 23.8 Å². The molecule has 1 rings (SSSR count). The number of para-hydroxylation sites is 1. The van der Waals surface area contributed by atoms with Crippen molar-refractivity contribution in [3.8, 4) is 11.5 Å². The Balaban J connectivity index is 2.76. The molecule has 3 nitrogen and oxygen atoms in total. The van der Waals surface area contributed by atoms with Gasteiger partial charge in [-0.05, 0) is 24.4 Å². The highest BCUT2D eigenvalue weighted by Crippen LogP contribution is 2.31. The number of ether oxygens (including phenoxy) is 2. The third-order valence-corrected chi connectivity index (χ3v) is 2.71. The smallest absolute Gasteiger partial charge is 0.165 e. The molecule has 0 atom stereocenters. The van der Waals surface area contributed by atoms with E-state index in [1.54, 1.807) is 7.11 Å². The number of methoxy groups -OCH3 is 1. The second kappa shape index (κ2) is 8.05. The first-order valence-electron chi connectivity index (χ1n) is 7.04.